The van der Waals surface area contributed by atoms with Crippen molar-refractivity contribution in [3.63, 3.8) is 0 Å². The van der Waals surface area contributed by atoms with Gasteiger partial charge in [0.1, 0.15) is 11.5 Å². The lowest BCUT2D eigenvalue weighted by Gasteiger charge is -2.11. The lowest BCUT2D eigenvalue weighted by Crippen LogP contribution is -2.17. The smallest absolute Gasteiger partial charge is 0.294 e. The maximum atomic E-state index is 13.9. The summed E-state index contributed by atoms with van der Waals surface area (Å²) in [5.41, 5.74) is 5.37. The summed E-state index contributed by atoms with van der Waals surface area (Å²) >= 11 is 0. The average molecular weight is 251 g/mol. The molecule has 2 heterocycles. The molecule has 0 amide bonds. The molecule has 0 unspecified atom stereocenters. The van der Waals surface area contributed by atoms with Gasteiger partial charge in [0.15, 0.2) is 0 Å². The minimum atomic E-state index is -2.92. The number of nitrogens with zero attached hydrogens (tertiary/aromatic N) is 4. The Labute approximate surface area is 102 Å². The fourth-order valence-electron chi connectivity index (χ4n) is 1.77. The Morgan fingerprint density at radius 2 is 1.94 bits per heavy atom. The first-order valence-electron chi connectivity index (χ1n) is 5.60. The van der Waals surface area contributed by atoms with Crippen molar-refractivity contribution in [3.05, 3.63) is 30.2 Å². The summed E-state index contributed by atoms with van der Waals surface area (Å²) in [5, 5.41) is 3.83. The fourth-order valence-corrected chi connectivity index (χ4v) is 1.77. The van der Waals surface area contributed by atoms with Crippen LogP contribution in [0.3, 0.4) is 0 Å². The van der Waals surface area contributed by atoms with Crippen molar-refractivity contribution in [3.8, 4) is 5.95 Å². The van der Waals surface area contributed by atoms with Gasteiger partial charge in [0.25, 0.3) is 11.9 Å². The van der Waals surface area contributed by atoms with Crippen LogP contribution in [0.5, 0.6) is 0 Å². The van der Waals surface area contributed by atoms with E-state index < -0.39 is 11.8 Å². The van der Waals surface area contributed by atoms with Crippen LogP contribution in [0.25, 0.3) is 5.95 Å². The largest absolute Gasteiger partial charge is 0.383 e. The Morgan fingerprint density at radius 1 is 1.28 bits per heavy atom. The predicted octanol–water partition coefficient (Wildman–Crippen LogP) is 1.75. The molecular weight excluding hydrogens is 240 g/mol. The Bertz CT molecular complexity index is 562. The van der Waals surface area contributed by atoms with E-state index >= 15 is 0 Å². The zero-order valence-electron chi connectivity index (χ0n) is 9.42. The van der Waals surface area contributed by atoms with Crippen molar-refractivity contribution in [1.29, 1.82) is 0 Å². The summed E-state index contributed by atoms with van der Waals surface area (Å²) in [6.07, 6.45) is 4.06. The molecule has 1 fully saturated rings. The lowest BCUT2D eigenvalue weighted by atomic mass is 10.1. The van der Waals surface area contributed by atoms with Gasteiger partial charge in [0.2, 0.25) is 0 Å². The van der Waals surface area contributed by atoms with Crippen LogP contribution < -0.4 is 5.73 Å². The lowest BCUT2D eigenvalue weighted by molar-refractivity contribution is -0.0331. The third-order valence-corrected chi connectivity index (χ3v) is 2.91. The molecule has 0 aliphatic heterocycles. The van der Waals surface area contributed by atoms with Gasteiger partial charge in [-0.15, -0.1) is 0 Å². The van der Waals surface area contributed by atoms with E-state index in [1.165, 1.54) is 18.5 Å². The minimum Gasteiger partial charge on any atom is -0.383 e. The quantitative estimate of drug-likeness (QED) is 0.902. The van der Waals surface area contributed by atoms with Crippen LogP contribution in [0.4, 0.5) is 14.6 Å². The third kappa shape index (κ3) is 1.71. The van der Waals surface area contributed by atoms with Gasteiger partial charge < -0.3 is 5.73 Å². The van der Waals surface area contributed by atoms with E-state index in [1.54, 1.807) is 6.07 Å². The second kappa shape index (κ2) is 3.72. The number of alkyl halides is 2. The van der Waals surface area contributed by atoms with Crippen LogP contribution in [-0.2, 0) is 5.92 Å². The van der Waals surface area contributed by atoms with Crippen molar-refractivity contribution >= 4 is 5.82 Å². The maximum Gasteiger partial charge on any atom is 0.294 e. The first kappa shape index (κ1) is 11.1. The van der Waals surface area contributed by atoms with Crippen molar-refractivity contribution in [2.45, 2.75) is 18.8 Å². The number of hydrogen-bond donors (Lipinski definition) is 1. The van der Waals surface area contributed by atoms with Gasteiger partial charge in [-0.25, -0.2) is 9.97 Å². The molecule has 18 heavy (non-hydrogen) atoms. The Hall–Kier alpha value is -2.05. The van der Waals surface area contributed by atoms with Crippen LogP contribution in [0.1, 0.15) is 18.5 Å². The van der Waals surface area contributed by atoms with E-state index in [0.29, 0.717) is 12.8 Å². The SMILES string of the molecule is Nc1cc(C(F)(F)C2CC2)nn1-c1ncccn1. The van der Waals surface area contributed by atoms with Crippen LogP contribution in [0, 0.1) is 5.92 Å². The first-order valence-corrected chi connectivity index (χ1v) is 5.60. The molecule has 2 N–H and O–H groups in total. The summed E-state index contributed by atoms with van der Waals surface area (Å²) in [4.78, 5) is 7.86. The minimum absolute atomic E-state index is 0.108. The molecule has 0 bridgehead atoms. The number of aromatic nitrogens is 4. The summed E-state index contributed by atoms with van der Waals surface area (Å²) in [7, 11) is 0. The monoisotopic (exact) mass is 251 g/mol. The van der Waals surface area contributed by atoms with E-state index in [0.717, 1.165) is 4.68 Å². The Kier molecular flexibility index (Phi) is 2.29. The van der Waals surface area contributed by atoms with Crippen LogP contribution in [0.2, 0.25) is 0 Å². The topological polar surface area (TPSA) is 69.6 Å². The molecule has 0 saturated heterocycles. The van der Waals surface area contributed by atoms with Crippen LogP contribution in [-0.4, -0.2) is 19.7 Å². The van der Waals surface area contributed by atoms with Crippen molar-refractivity contribution < 1.29 is 8.78 Å². The van der Waals surface area contributed by atoms with Crippen LogP contribution >= 0.6 is 0 Å². The molecule has 1 aliphatic carbocycles. The number of anilines is 1. The molecule has 2 aromatic rings. The number of halogens is 2. The molecule has 5 nitrogen and oxygen atoms in total. The maximum absolute atomic E-state index is 13.9. The van der Waals surface area contributed by atoms with E-state index in [4.69, 9.17) is 5.73 Å². The van der Waals surface area contributed by atoms with E-state index in [9.17, 15) is 8.78 Å². The molecule has 0 spiro atoms. The Morgan fingerprint density at radius 3 is 2.56 bits per heavy atom. The van der Waals surface area contributed by atoms with Crippen LogP contribution in [0.15, 0.2) is 24.5 Å². The second-order valence-electron chi connectivity index (χ2n) is 4.31. The van der Waals surface area contributed by atoms with E-state index in [-0.39, 0.29) is 17.5 Å². The molecule has 3 rings (SSSR count). The van der Waals surface area contributed by atoms with Gasteiger partial charge >= 0.3 is 0 Å². The van der Waals surface area contributed by atoms with Gasteiger partial charge in [-0.3, -0.25) is 0 Å². The van der Waals surface area contributed by atoms with E-state index in [1.807, 2.05) is 0 Å². The number of hydrogen-bond acceptors (Lipinski definition) is 4. The predicted molar refractivity (Wildman–Crippen MR) is 60.2 cm³/mol. The molecule has 1 aliphatic rings. The molecule has 94 valence electrons. The molecule has 7 heteroatoms. The highest BCUT2D eigenvalue weighted by Crippen LogP contribution is 2.49. The van der Waals surface area contributed by atoms with Gasteiger partial charge in [-0.1, -0.05) is 0 Å². The molecular formula is C11H11F2N5. The van der Waals surface area contributed by atoms with Crippen molar-refractivity contribution in [2.24, 2.45) is 5.92 Å². The normalized spacial score (nSPS) is 15.9. The fraction of sp³-hybridized carbons (Fsp3) is 0.364. The molecule has 0 aromatic carbocycles. The molecule has 0 radical (unpaired) electrons. The summed E-state index contributed by atoms with van der Waals surface area (Å²) in [6.45, 7) is 0. The number of rotatable bonds is 3. The Balaban J connectivity index is 2.01. The molecule has 0 atom stereocenters. The molecule has 2 aromatic heterocycles. The van der Waals surface area contributed by atoms with Gasteiger partial charge in [0.05, 0.1) is 0 Å². The highest BCUT2D eigenvalue weighted by atomic mass is 19.3. The van der Waals surface area contributed by atoms with Gasteiger partial charge in [0, 0.05) is 24.4 Å². The van der Waals surface area contributed by atoms with Gasteiger partial charge in [-0.2, -0.15) is 18.6 Å². The summed E-state index contributed by atoms with van der Waals surface area (Å²) in [5.74, 6) is -3.24. The zero-order valence-corrected chi connectivity index (χ0v) is 9.42. The third-order valence-electron chi connectivity index (χ3n) is 2.91. The first-order chi connectivity index (χ1) is 8.59. The zero-order chi connectivity index (χ0) is 12.8. The number of nitrogens with two attached hydrogens (primary N) is 1. The highest BCUT2D eigenvalue weighted by Gasteiger charge is 2.50. The molecule has 1 saturated carbocycles. The number of nitrogen functional groups attached to an aromatic ring is 1. The average Bonchev–Trinajstić information content (AvgIpc) is 3.14. The standard InChI is InChI=1S/C11H11F2N5/c12-11(13,7-2-3-7)8-6-9(14)18(17-8)10-15-4-1-5-16-10/h1,4-7H,2-3,14H2. The summed E-state index contributed by atoms with van der Waals surface area (Å²) in [6, 6.07) is 2.82. The van der Waals surface area contributed by atoms with Crippen molar-refractivity contribution in [1.82, 2.24) is 19.7 Å². The van der Waals surface area contributed by atoms with E-state index in [2.05, 4.69) is 15.1 Å². The highest BCUT2D eigenvalue weighted by molar-refractivity contribution is 5.38. The second-order valence-corrected chi connectivity index (χ2v) is 4.31. The van der Waals surface area contributed by atoms with Gasteiger partial charge in [-0.05, 0) is 18.9 Å². The summed E-state index contributed by atoms with van der Waals surface area (Å²) < 4.78 is 28.9. The van der Waals surface area contributed by atoms with Crippen molar-refractivity contribution in [2.75, 3.05) is 5.73 Å².